The summed E-state index contributed by atoms with van der Waals surface area (Å²) in [6.07, 6.45) is 2.23. The molecule has 0 saturated carbocycles. The van der Waals surface area contributed by atoms with Crippen molar-refractivity contribution < 1.29 is 9.53 Å². The maximum atomic E-state index is 11.5. The van der Waals surface area contributed by atoms with Gasteiger partial charge in [-0.3, -0.25) is 4.79 Å². The number of hydrogen-bond donors (Lipinski definition) is 0. The van der Waals surface area contributed by atoms with Crippen molar-refractivity contribution in [2.75, 3.05) is 4.90 Å². The third-order valence-corrected chi connectivity index (χ3v) is 6.59. The van der Waals surface area contributed by atoms with Crippen molar-refractivity contribution in [2.45, 2.75) is 26.2 Å². The van der Waals surface area contributed by atoms with Crippen LogP contribution in [0.25, 0.3) is 11.1 Å². The topological polar surface area (TPSA) is 29.5 Å². The Morgan fingerprint density at radius 3 is 1.55 bits per heavy atom. The summed E-state index contributed by atoms with van der Waals surface area (Å²) in [5.74, 6) is 0.386. The summed E-state index contributed by atoms with van der Waals surface area (Å²) in [5.41, 5.74) is 8.27. The minimum Gasteiger partial charge on any atom is -0.427 e. The highest BCUT2D eigenvalue weighted by Gasteiger charge is 2.12. The third kappa shape index (κ3) is 6.19. The molecule has 38 heavy (non-hydrogen) atoms. The Kier molecular flexibility index (Phi) is 7.95. The average Bonchev–Trinajstić information content (AvgIpc) is 2.99. The maximum Gasteiger partial charge on any atom is 0.310 e. The van der Waals surface area contributed by atoms with Crippen molar-refractivity contribution in [3.63, 3.8) is 0 Å². The Hall–Kier alpha value is -4.63. The highest BCUT2D eigenvalue weighted by Crippen LogP contribution is 2.35. The summed E-state index contributed by atoms with van der Waals surface area (Å²) in [4.78, 5) is 13.8. The molecule has 0 spiro atoms. The first-order valence-corrected chi connectivity index (χ1v) is 13.1. The zero-order chi connectivity index (χ0) is 26.2. The molecule has 0 atom stereocenters. The number of nitrogens with zero attached hydrogens (tertiary/aromatic N) is 1. The van der Waals surface area contributed by atoms with Gasteiger partial charge in [0.05, 0.1) is 0 Å². The number of benzene rings is 5. The predicted molar refractivity (Wildman–Crippen MR) is 156 cm³/mol. The molecule has 5 aromatic carbocycles. The van der Waals surface area contributed by atoms with E-state index < -0.39 is 0 Å². The predicted octanol–water partition coefficient (Wildman–Crippen LogP) is 8.92. The van der Waals surface area contributed by atoms with Crippen LogP contribution in [-0.2, 0) is 17.6 Å². The van der Waals surface area contributed by atoms with Gasteiger partial charge >= 0.3 is 5.97 Å². The summed E-state index contributed by atoms with van der Waals surface area (Å²) in [7, 11) is 0. The summed E-state index contributed by atoms with van der Waals surface area (Å²) in [5, 5.41) is 0. The zero-order valence-corrected chi connectivity index (χ0v) is 21.6. The van der Waals surface area contributed by atoms with Gasteiger partial charge in [0.1, 0.15) is 5.75 Å². The highest BCUT2D eigenvalue weighted by atomic mass is 16.5. The lowest BCUT2D eigenvalue weighted by molar-refractivity contribution is -0.134. The Bertz CT molecular complexity index is 1440. The lowest BCUT2D eigenvalue weighted by Gasteiger charge is -2.26. The van der Waals surface area contributed by atoms with E-state index in [9.17, 15) is 4.79 Å². The minimum atomic E-state index is -0.213. The van der Waals surface area contributed by atoms with Crippen molar-refractivity contribution in [3.8, 4) is 16.9 Å². The molecule has 0 heterocycles. The van der Waals surface area contributed by atoms with Gasteiger partial charge in [-0.1, -0.05) is 91.9 Å². The molecule has 3 heteroatoms. The lowest BCUT2D eigenvalue weighted by atomic mass is 10.0. The summed E-state index contributed by atoms with van der Waals surface area (Å²) in [6, 6.07) is 46.3. The van der Waals surface area contributed by atoms with E-state index >= 15 is 0 Å². The van der Waals surface area contributed by atoms with Crippen LogP contribution in [0.5, 0.6) is 5.75 Å². The second-order valence-corrected chi connectivity index (χ2v) is 9.22. The fraction of sp³-hybridized carbons (Fsp3) is 0.114. The van der Waals surface area contributed by atoms with Crippen LogP contribution < -0.4 is 9.64 Å². The van der Waals surface area contributed by atoms with Crippen molar-refractivity contribution in [1.29, 1.82) is 0 Å². The van der Waals surface area contributed by atoms with E-state index in [1.807, 2.05) is 36.4 Å². The molecule has 0 radical (unpaired) electrons. The van der Waals surface area contributed by atoms with E-state index in [2.05, 4.69) is 102 Å². The van der Waals surface area contributed by atoms with Gasteiger partial charge in [0, 0.05) is 23.5 Å². The number of para-hydroxylation sites is 1. The number of hydrogen-bond acceptors (Lipinski definition) is 3. The molecule has 0 unspecified atom stereocenters. The van der Waals surface area contributed by atoms with Crippen molar-refractivity contribution in [2.24, 2.45) is 0 Å². The molecule has 0 N–H and O–H groups in total. The van der Waals surface area contributed by atoms with E-state index in [4.69, 9.17) is 4.74 Å². The highest BCUT2D eigenvalue weighted by molar-refractivity contribution is 5.78. The van der Waals surface area contributed by atoms with Crippen molar-refractivity contribution >= 4 is 23.0 Å². The fourth-order valence-electron chi connectivity index (χ4n) is 4.49. The molecular weight excluding hydrogens is 466 g/mol. The molecule has 0 aliphatic carbocycles. The number of carbonyl (C=O) groups excluding carboxylic acids is 1. The smallest absolute Gasteiger partial charge is 0.310 e. The first-order valence-electron chi connectivity index (χ1n) is 13.1. The number of ether oxygens (including phenoxy) is 1. The molecular formula is C35H31NO2. The van der Waals surface area contributed by atoms with Gasteiger partial charge in [-0.25, -0.2) is 0 Å². The second kappa shape index (κ2) is 12.1. The van der Waals surface area contributed by atoms with Gasteiger partial charge in [-0.05, 0) is 83.6 Å². The Balaban J connectivity index is 1.32. The van der Waals surface area contributed by atoms with Crippen LogP contribution in [0.15, 0.2) is 133 Å². The van der Waals surface area contributed by atoms with Crippen molar-refractivity contribution in [3.05, 3.63) is 145 Å². The Morgan fingerprint density at radius 1 is 0.553 bits per heavy atom. The van der Waals surface area contributed by atoms with E-state index in [1.165, 1.54) is 22.3 Å². The average molecular weight is 498 g/mol. The van der Waals surface area contributed by atoms with Crippen LogP contribution in [0.3, 0.4) is 0 Å². The number of carbonyl (C=O) groups is 1. The summed E-state index contributed by atoms with van der Waals surface area (Å²) >= 11 is 0. The standard InChI is InChI=1S/C35H31NO2/c1-2-35(37)38-34-25-17-28(18-26-34)14-13-27-15-21-32(22-16-27)36(31-11-7-4-8-12-31)33-23-19-30(20-24-33)29-9-5-3-6-10-29/h3-12,15-26H,2,13-14H2,1H3. The van der Waals surface area contributed by atoms with E-state index in [0.717, 1.165) is 29.9 Å². The van der Waals surface area contributed by atoms with Gasteiger partial charge in [-0.15, -0.1) is 0 Å². The van der Waals surface area contributed by atoms with Gasteiger partial charge < -0.3 is 9.64 Å². The van der Waals surface area contributed by atoms with Gasteiger partial charge in [0.15, 0.2) is 0 Å². The molecule has 0 saturated heterocycles. The second-order valence-electron chi connectivity index (χ2n) is 9.22. The van der Waals surface area contributed by atoms with Crippen LogP contribution >= 0.6 is 0 Å². The van der Waals surface area contributed by atoms with E-state index in [1.54, 1.807) is 6.92 Å². The molecule has 0 aliphatic heterocycles. The molecule has 0 amide bonds. The van der Waals surface area contributed by atoms with Crippen LogP contribution in [0.4, 0.5) is 17.1 Å². The zero-order valence-electron chi connectivity index (χ0n) is 21.6. The van der Waals surface area contributed by atoms with Crippen LogP contribution in [0.2, 0.25) is 0 Å². The molecule has 0 aromatic heterocycles. The molecule has 0 bridgehead atoms. The van der Waals surface area contributed by atoms with Crippen LogP contribution in [-0.4, -0.2) is 5.97 Å². The number of rotatable bonds is 9. The molecule has 0 aliphatic rings. The van der Waals surface area contributed by atoms with Gasteiger partial charge in [0.2, 0.25) is 0 Å². The van der Waals surface area contributed by atoms with Crippen LogP contribution in [0.1, 0.15) is 24.5 Å². The Morgan fingerprint density at radius 2 is 1.00 bits per heavy atom. The SMILES string of the molecule is CCC(=O)Oc1ccc(CCc2ccc(N(c3ccccc3)c3ccc(-c4ccccc4)cc3)cc2)cc1. The molecule has 3 nitrogen and oxygen atoms in total. The van der Waals surface area contributed by atoms with E-state index in [0.29, 0.717) is 12.2 Å². The molecule has 5 rings (SSSR count). The van der Waals surface area contributed by atoms with Gasteiger partial charge in [0.25, 0.3) is 0 Å². The van der Waals surface area contributed by atoms with E-state index in [-0.39, 0.29) is 5.97 Å². The summed E-state index contributed by atoms with van der Waals surface area (Å²) < 4.78 is 5.28. The van der Waals surface area contributed by atoms with Crippen molar-refractivity contribution in [1.82, 2.24) is 0 Å². The molecule has 0 fully saturated rings. The quantitative estimate of drug-likeness (QED) is 0.150. The summed E-state index contributed by atoms with van der Waals surface area (Å²) in [6.45, 7) is 1.79. The first kappa shape index (κ1) is 25.0. The minimum absolute atomic E-state index is 0.213. The molecule has 188 valence electrons. The third-order valence-electron chi connectivity index (χ3n) is 6.59. The maximum absolute atomic E-state index is 11.5. The number of esters is 1. The Labute approximate surface area is 225 Å². The normalized spacial score (nSPS) is 10.7. The molecule has 5 aromatic rings. The monoisotopic (exact) mass is 497 g/mol. The number of aryl methyl sites for hydroxylation is 2. The van der Waals surface area contributed by atoms with Crippen LogP contribution in [0, 0.1) is 0 Å². The first-order chi connectivity index (χ1) is 18.7. The lowest BCUT2D eigenvalue weighted by Crippen LogP contribution is -2.09. The number of anilines is 3. The van der Waals surface area contributed by atoms with Gasteiger partial charge in [-0.2, -0.15) is 0 Å². The largest absolute Gasteiger partial charge is 0.427 e. The fourth-order valence-corrected chi connectivity index (χ4v) is 4.49.